The van der Waals surface area contributed by atoms with Crippen molar-refractivity contribution in [3.63, 3.8) is 0 Å². The highest BCUT2D eigenvalue weighted by Gasteiger charge is 2.34. The summed E-state index contributed by atoms with van der Waals surface area (Å²) in [5.41, 5.74) is 2.82. The fourth-order valence-electron chi connectivity index (χ4n) is 4.16. The van der Waals surface area contributed by atoms with Crippen molar-refractivity contribution in [1.29, 1.82) is 0 Å². The number of nitrogens with zero attached hydrogens (tertiary/aromatic N) is 1. The number of aliphatic carboxylic acids is 1. The van der Waals surface area contributed by atoms with Crippen LogP contribution < -0.4 is 10.2 Å². The van der Waals surface area contributed by atoms with Gasteiger partial charge >= 0.3 is 5.97 Å². The maximum Gasteiger partial charge on any atom is 0.307 e. The lowest BCUT2D eigenvalue weighted by molar-refractivity contribution is -0.142. The van der Waals surface area contributed by atoms with Crippen LogP contribution in [0, 0.1) is 17.8 Å². The van der Waals surface area contributed by atoms with Gasteiger partial charge in [0.2, 0.25) is 5.91 Å². The number of amides is 1. The molecule has 2 atom stereocenters. The number of hydrogen-bond acceptors (Lipinski definition) is 3. The van der Waals surface area contributed by atoms with Gasteiger partial charge in [0.1, 0.15) is 0 Å². The Morgan fingerprint density at radius 2 is 1.78 bits per heavy atom. The van der Waals surface area contributed by atoms with Crippen molar-refractivity contribution < 1.29 is 14.7 Å². The molecule has 0 saturated heterocycles. The Labute approximate surface area is 163 Å². The van der Waals surface area contributed by atoms with Crippen LogP contribution in [0.2, 0.25) is 0 Å². The molecule has 0 unspecified atom stereocenters. The minimum absolute atomic E-state index is 0.0210. The Morgan fingerprint density at radius 1 is 1.15 bits per heavy atom. The minimum Gasteiger partial charge on any atom is -0.481 e. The van der Waals surface area contributed by atoms with Gasteiger partial charge in [-0.05, 0) is 48.3 Å². The van der Waals surface area contributed by atoms with E-state index in [9.17, 15) is 14.7 Å². The third-order valence-electron chi connectivity index (χ3n) is 5.10. The summed E-state index contributed by atoms with van der Waals surface area (Å²) in [4.78, 5) is 25.7. The second-order valence-electron chi connectivity index (χ2n) is 8.63. The first-order valence-electron chi connectivity index (χ1n) is 10.1. The Bertz CT molecular complexity index is 660. The van der Waals surface area contributed by atoms with Crippen molar-refractivity contribution in [2.24, 2.45) is 17.8 Å². The van der Waals surface area contributed by atoms with Crippen LogP contribution in [0.25, 0.3) is 0 Å². The average Bonchev–Trinajstić information content (AvgIpc) is 3.02. The summed E-state index contributed by atoms with van der Waals surface area (Å²) < 4.78 is 0. The maximum absolute atomic E-state index is 11.8. The van der Waals surface area contributed by atoms with E-state index in [-0.39, 0.29) is 17.7 Å². The molecule has 1 fully saturated rings. The van der Waals surface area contributed by atoms with Gasteiger partial charge in [0, 0.05) is 20.0 Å². The molecule has 0 spiro atoms. The Morgan fingerprint density at radius 3 is 2.30 bits per heavy atom. The van der Waals surface area contributed by atoms with Crippen LogP contribution in [0.3, 0.4) is 0 Å². The van der Waals surface area contributed by atoms with Gasteiger partial charge in [0.25, 0.3) is 0 Å². The van der Waals surface area contributed by atoms with E-state index in [1.54, 1.807) is 0 Å². The maximum atomic E-state index is 11.8. The molecule has 0 bridgehead atoms. The second kappa shape index (κ2) is 9.25. The molecule has 1 aliphatic carbocycles. The molecule has 2 rings (SSSR count). The summed E-state index contributed by atoms with van der Waals surface area (Å²) in [6.07, 6.45) is 2.55. The van der Waals surface area contributed by atoms with E-state index >= 15 is 0 Å². The van der Waals surface area contributed by atoms with Crippen molar-refractivity contribution in [3.8, 4) is 0 Å². The number of carboxylic acids is 1. The molecule has 5 nitrogen and oxygen atoms in total. The number of nitrogens with one attached hydrogen (secondary N) is 1. The summed E-state index contributed by atoms with van der Waals surface area (Å²) in [6, 6.07) is 6.11. The van der Waals surface area contributed by atoms with E-state index in [1.807, 2.05) is 6.07 Å². The number of rotatable bonds is 8. The molecule has 5 heteroatoms. The van der Waals surface area contributed by atoms with Crippen molar-refractivity contribution in [1.82, 2.24) is 0 Å². The van der Waals surface area contributed by atoms with Gasteiger partial charge in [-0.3, -0.25) is 9.59 Å². The van der Waals surface area contributed by atoms with Crippen LogP contribution in [0.4, 0.5) is 11.4 Å². The fourth-order valence-corrected chi connectivity index (χ4v) is 4.16. The summed E-state index contributed by atoms with van der Waals surface area (Å²) in [6.45, 7) is 12.1. The smallest absolute Gasteiger partial charge is 0.307 e. The summed E-state index contributed by atoms with van der Waals surface area (Å²) in [5.74, 6) is -0.136. The monoisotopic (exact) mass is 374 g/mol. The van der Waals surface area contributed by atoms with E-state index in [4.69, 9.17) is 0 Å². The number of anilines is 2. The molecule has 0 radical (unpaired) electrons. The van der Waals surface area contributed by atoms with Gasteiger partial charge in [-0.2, -0.15) is 0 Å². The number of carboxylic acid groups (broad SMARTS) is 1. The molecule has 0 aliphatic heterocycles. The van der Waals surface area contributed by atoms with Crippen molar-refractivity contribution >= 4 is 23.3 Å². The number of carbonyl (C=O) groups is 2. The normalized spacial score (nSPS) is 19.5. The molecule has 1 aromatic rings. The van der Waals surface area contributed by atoms with Crippen LogP contribution in [0.15, 0.2) is 18.2 Å². The van der Waals surface area contributed by atoms with Crippen LogP contribution in [-0.2, 0) is 9.59 Å². The standard InChI is InChI=1S/C22H34N2O3/c1-14(2)12-24(13-15(3)4)21-10-9-17(11-20(21)23-16(5)25)18-7-6-8-19(18)22(26)27/h9-11,14-15,18-19H,6-8,12-13H2,1-5H3,(H,23,25)(H,26,27)/t18-,19-/m0/s1. The lowest BCUT2D eigenvalue weighted by Gasteiger charge is -2.31. The zero-order valence-electron chi connectivity index (χ0n) is 17.3. The average molecular weight is 375 g/mol. The Balaban J connectivity index is 2.42. The highest BCUT2D eigenvalue weighted by atomic mass is 16.4. The van der Waals surface area contributed by atoms with E-state index in [0.29, 0.717) is 11.8 Å². The van der Waals surface area contributed by atoms with Crippen LogP contribution >= 0.6 is 0 Å². The van der Waals surface area contributed by atoms with Gasteiger partial charge in [0.15, 0.2) is 0 Å². The fraction of sp³-hybridized carbons (Fsp3) is 0.636. The predicted molar refractivity (Wildman–Crippen MR) is 110 cm³/mol. The molecular weight excluding hydrogens is 340 g/mol. The predicted octanol–water partition coefficient (Wildman–Crippen LogP) is 4.73. The molecule has 2 N–H and O–H groups in total. The van der Waals surface area contributed by atoms with Gasteiger partial charge in [-0.15, -0.1) is 0 Å². The molecule has 27 heavy (non-hydrogen) atoms. The van der Waals surface area contributed by atoms with E-state index < -0.39 is 5.97 Å². The van der Waals surface area contributed by atoms with Gasteiger partial charge in [-0.1, -0.05) is 40.2 Å². The molecule has 0 heterocycles. The number of hydrogen-bond donors (Lipinski definition) is 2. The second-order valence-corrected chi connectivity index (χ2v) is 8.63. The van der Waals surface area contributed by atoms with Gasteiger partial charge in [-0.25, -0.2) is 0 Å². The van der Waals surface area contributed by atoms with Crippen LogP contribution in [0.5, 0.6) is 0 Å². The molecule has 1 aliphatic rings. The highest BCUT2D eigenvalue weighted by molar-refractivity contribution is 5.93. The van der Waals surface area contributed by atoms with E-state index in [0.717, 1.165) is 49.3 Å². The third kappa shape index (κ3) is 5.72. The van der Waals surface area contributed by atoms with Crippen molar-refractivity contribution in [3.05, 3.63) is 23.8 Å². The van der Waals surface area contributed by atoms with Crippen molar-refractivity contribution in [2.75, 3.05) is 23.3 Å². The van der Waals surface area contributed by atoms with Crippen LogP contribution in [0.1, 0.15) is 65.4 Å². The molecular formula is C22H34N2O3. The molecule has 1 aromatic carbocycles. The Kier molecular flexibility index (Phi) is 7.28. The summed E-state index contributed by atoms with van der Waals surface area (Å²) in [7, 11) is 0. The first-order chi connectivity index (χ1) is 12.7. The number of benzene rings is 1. The molecule has 0 aromatic heterocycles. The largest absolute Gasteiger partial charge is 0.481 e. The van der Waals surface area contributed by atoms with Gasteiger partial charge in [0.05, 0.1) is 17.3 Å². The van der Waals surface area contributed by atoms with Gasteiger partial charge < -0.3 is 15.3 Å². The highest BCUT2D eigenvalue weighted by Crippen LogP contribution is 2.42. The third-order valence-corrected chi connectivity index (χ3v) is 5.10. The molecule has 1 saturated carbocycles. The molecule has 150 valence electrons. The van der Waals surface area contributed by atoms with Crippen molar-refractivity contribution in [2.45, 2.75) is 59.8 Å². The SMILES string of the molecule is CC(=O)Nc1cc([C@@H]2CCC[C@@H]2C(=O)O)ccc1N(CC(C)C)CC(C)C. The molecule has 1 amide bonds. The first-order valence-corrected chi connectivity index (χ1v) is 10.1. The zero-order chi connectivity index (χ0) is 20.1. The quantitative estimate of drug-likeness (QED) is 0.690. The summed E-state index contributed by atoms with van der Waals surface area (Å²) >= 11 is 0. The minimum atomic E-state index is -0.719. The first kappa shape index (κ1) is 21.3. The van der Waals surface area contributed by atoms with E-state index in [1.165, 1.54) is 6.92 Å². The van der Waals surface area contributed by atoms with Crippen LogP contribution in [-0.4, -0.2) is 30.1 Å². The Hall–Kier alpha value is -2.04. The zero-order valence-corrected chi connectivity index (χ0v) is 17.3. The lowest BCUT2D eigenvalue weighted by Crippen LogP contribution is -2.32. The summed E-state index contributed by atoms with van der Waals surface area (Å²) in [5, 5.41) is 12.5. The van der Waals surface area contributed by atoms with E-state index in [2.05, 4.69) is 50.0 Å². The number of carbonyl (C=O) groups excluding carboxylic acids is 1. The lowest BCUT2D eigenvalue weighted by atomic mass is 9.88. The topological polar surface area (TPSA) is 69.6 Å².